The Bertz CT molecular complexity index is 469. The summed E-state index contributed by atoms with van der Waals surface area (Å²) in [4.78, 5) is 14.9. The Labute approximate surface area is 84.3 Å². The Morgan fingerprint density at radius 1 is 1.53 bits per heavy atom. The fraction of sp³-hybridized carbons (Fsp3) is 0. The molecule has 0 aliphatic heterocycles. The number of aromatic nitrogens is 3. The number of pyridine rings is 1. The lowest BCUT2D eigenvalue weighted by molar-refractivity contribution is 0.102. The first kappa shape index (κ1) is 9.32. The molecule has 0 atom stereocenters. The molecule has 2 aromatic heterocycles. The van der Waals surface area contributed by atoms with Crippen LogP contribution in [0.25, 0.3) is 0 Å². The van der Waals surface area contributed by atoms with Crippen molar-refractivity contribution in [2.45, 2.75) is 0 Å². The molecule has 6 heteroatoms. The van der Waals surface area contributed by atoms with E-state index in [4.69, 9.17) is 0 Å². The lowest BCUT2D eigenvalue weighted by atomic mass is 10.2. The van der Waals surface area contributed by atoms with Crippen LogP contribution in [0.3, 0.4) is 0 Å². The molecule has 0 fully saturated rings. The Balaban J connectivity index is 2.19. The van der Waals surface area contributed by atoms with Crippen LogP contribution in [0.15, 0.2) is 30.7 Å². The van der Waals surface area contributed by atoms with E-state index >= 15 is 0 Å². The molecular formula is C9H7FN4O. The standard InChI is InChI=1S/C9H7FN4O/c10-8-7(2-1-3-11-8)9(15)14-6-4-12-13-5-6/h1-5H,(H,12,13)(H,14,15). The molecule has 15 heavy (non-hydrogen) atoms. The van der Waals surface area contributed by atoms with Gasteiger partial charge in [-0.05, 0) is 12.1 Å². The zero-order chi connectivity index (χ0) is 10.7. The van der Waals surface area contributed by atoms with Crippen LogP contribution in [0.5, 0.6) is 0 Å². The first-order valence-corrected chi connectivity index (χ1v) is 4.18. The summed E-state index contributed by atoms with van der Waals surface area (Å²) in [6.07, 6.45) is 4.20. The van der Waals surface area contributed by atoms with E-state index in [0.717, 1.165) is 0 Å². The van der Waals surface area contributed by atoms with Crippen molar-refractivity contribution in [2.75, 3.05) is 5.32 Å². The van der Waals surface area contributed by atoms with Crippen molar-refractivity contribution in [2.24, 2.45) is 0 Å². The van der Waals surface area contributed by atoms with Crippen molar-refractivity contribution in [3.63, 3.8) is 0 Å². The third-order valence-corrected chi connectivity index (χ3v) is 1.76. The molecule has 0 aromatic carbocycles. The van der Waals surface area contributed by atoms with Gasteiger partial charge in [0.05, 0.1) is 17.4 Å². The summed E-state index contributed by atoms with van der Waals surface area (Å²) in [6.45, 7) is 0. The minimum atomic E-state index is -0.793. The number of nitrogens with one attached hydrogen (secondary N) is 2. The summed E-state index contributed by atoms with van der Waals surface area (Å²) in [5.74, 6) is -1.35. The number of amides is 1. The van der Waals surface area contributed by atoms with Gasteiger partial charge in [-0.3, -0.25) is 9.89 Å². The second-order valence-electron chi connectivity index (χ2n) is 2.78. The van der Waals surface area contributed by atoms with E-state index < -0.39 is 11.9 Å². The van der Waals surface area contributed by atoms with E-state index in [1.165, 1.54) is 30.7 Å². The minimum Gasteiger partial charge on any atom is -0.319 e. The van der Waals surface area contributed by atoms with Crippen LogP contribution in [0.4, 0.5) is 10.1 Å². The average Bonchev–Trinajstić information content (AvgIpc) is 2.71. The molecule has 2 heterocycles. The fourth-order valence-corrected chi connectivity index (χ4v) is 1.07. The number of anilines is 1. The summed E-state index contributed by atoms with van der Waals surface area (Å²) in [7, 11) is 0. The van der Waals surface area contributed by atoms with Crippen LogP contribution < -0.4 is 5.32 Å². The van der Waals surface area contributed by atoms with Gasteiger partial charge in [-0.1, -0.05) is 0 Å². The molecule has 0 aliphatic rings. The molecule has 2 aromatic rings. The third kappa shape index (κ3) is 1.98. The molecule has 5 nitrogen and oxygen atoms in total. The number of hydrogen-bond acceptors (Lipinski definition) is 3. The van der Waals surface area contributed by atoms with Gasteiger partial charge < -0.3 is 5.32 Å². The molecule has 0 bridgehead atoms. The zero-order valence-electron chi connectivity index (χ0n) is 7.57. The Morgan fingerprint density at radius 2 is 2.40 bits per heavy atom. The second kappa shape index (κ2) is 3.87. The number of carbonyl (C=O) groups is 1. The Hall–Kier alpha value is -2.24. The van der Waals surface area contributed by atoms with Crippen molar-refractivity contribution in [1.82, 2.24) is 15.2 Å². The molecule has 1 amide bonds. The molecule has 0 radical (unpaired) electrons. The van der Waals surface area contributed by atoms with E-state index in [0.29, 0.717) is 5.69 Å². The van der Waals surface area contributed by atoms with Crippen LogP contribution in [0.2, 0.25) is 0 Å². The number of hydrogen-bond donors (Lipinski definition) is 2. The Morgan fingerprint density at radius 3 is 3.07 bits per heavy atom. The summed E-state index contributed by atoms with van der Waals surface area (Å²) in [5, 5.41) is 8.64. The molecule has 0 spiro atoms. The maximum absolute atomic E-state index is 13.1. The van der Waals surface area contributed by atoms with E-state index in [2.05, 4.69) is 20.5 Å². The maximum atomic E-state index is 13.1. The maximum Gasteiger partial charge on any atom is 0.260 e. The van der Waals surface area contributed by atoms with E-state index in [-0.39, 0.29) is 5.56 Å². The summed E-state index contributed by atoms with van der Waals surface area (Å²) in [5.41, 5.74) is 0.377. The lowest BCUT2D eigenvalue weighted by Gasteiger charge is -2.01. The largest absolute Gasteiger partial charge is 0.319 e. The third-order valence-electron chi connectivity index (χ3n) is 1.76. The number of nitrogens with zero attached hydrogens (tertiary/aromatic N) is 2. The predicted molar refractivity (Wildman–Crippen MR) is 50.7 cm³/mol. The normalized spacial score (nSPS) is 9.93. The second-order valence-corrected chi connectivity index (χ2v) is 2.78. The highest BCUT2D eigenvalue weighted by molar-refractivity contribution is 6.04. The van der Waals surface area contributed by atoms with Gasteiger partial charge in [-0.2, -0.15) is 9.49 Å². The van der Waals surface area contributed by atoms with Crippen LogP contribution in [-0.4, -0.2) is 21.1 Å². The van der Waals surface area contributed by atoms with E-state index in [9.17, 15) is 9.18 Å². The molecule has 2 rings (SSSR count). The molecule has 0 saturated carbocycles. The van der Waals surface area contributed by atoms with Gasteiger partial charge in [0.2, 0.25) is 5.95 Å². The van der Waals surface area contributed by atoms with Gasteiger partial charge in [0.1, 0.15) is 0 Å². The molecule has 2 N–H and O–H groups in total. The number of rotatable bonds is 2. The number of aromatic amines is 1. The Kier molecular flexibility index (Phi) is 2.40. The highest BCUT2D eigenvalue weighted by Gasteiger charge is 2.11. The SMILES string of the molecule is O=C(Nc1cn[nH]c1)c1cccnc1F. The van der Waals surface area contributed by atoms with E-state index in [1.807, 2.05) is 0 Å². The first-order valence-electron chi connectivity index (χ1n) is 4.18. The smallest absolute Gasteiger partial charge is 0.260 e. The average molecular weight is 206 g/mol. The van der Waals surface area contributed by atoms with Crippen molar-refractivity contribution >= 4 is 11.6 Å². The molecule has 0 saturated heterocycles. The molecule has 0 unspecified atom stereocenters. The van der Waals surface area contributed by atoms with Crippen LogP contribution in [0, 0.1) is 5.95 Å². The van der Waals surface area contributed by atoms with Gasteiger partial charge >= 0.3 is 0 Å². The van der Waals surface area contributed by atoms with Crippen molar-refractivity contribution in [1.29, 1.82) is 0 Å². The first-order chi connectivity index (χ1) is 7.27. The number of carbonyl (C=O) groups excluding carboxylic acids is 1. The monoisotopic (exact) mass is 206 g/mol. The van der Waals surface area contributed by atoms with Gasteiger partial charge in [0.15, 0.2) is 0 Å². The van der Waals surface area contributed by atoms with Gasteiger partial charge in [0, 0.05) is 12.4 Å². The van der Waals surface area contributed by atoms with Gasteiger partial charge in [-0.15, -0.1) is 0 Å². The zero-order valence-corrected chi connectivity index (χ0v) is 7.57. The summed E-state index contributed by atoms with van der Waals surface area (Å²) < 4.78 is 13.1. The van der Waals surface area contributed by atoms with Gasteiger partial charge in [-0.25, -0.2) is 4.98 Å². The van der Waals surface area contributed by atoms with Crippen LogP contribution in [-0.2, 0) is 0 Å². The van der Waals surface area contributed by atoms with Crippen LogP contribution in [0.1, 0.15) is 10.4 Å². The van der Waals surface area contributed by atoms with Gasteiger partial charge in [0.25, 0.3) is 5.91 Å². The topological polar surface area (TPSA) is 70.7 Å². The highest BCUT2D eigenvalue weighted by atomic mass is 19.1. The number of halogens is 1. The van der Waals surface area contributed by atoms with Crippen LogP contribution >= 0.6 is 0 Å². The quantitative estimate of drug-likeness (QED) is 0.725. The van der Waals surface area contributed by atoms with E-state index in [1.54, 1.807) is 0 Å². The number of H-pyrrole nitrogens is 1. The van der Waals surface area contributed by atoms with Crippen molar-refractivity contribution < 1.29 is 9.18 Å². The highest BCUT2D eigenvalue weighted by Crippen LogP contribution is 2.08. The minimum absolute atomic E-state index is 0.0984. The predicted octanol–water partition coefficient (Wildman–Crippen LogP) is 1.20. The molecule has 76 valence electrons. The summed E-state index contributed by atoms with van der Waals surface area (Å²) in [6, 6.07) is 2.85. The van der Waals surface area contributed by atoms with Crippen molar-refractivity contribution in [3.8, 4) is 0 Å². The lowest BCUT2D eigenvalue weighted by Crippen LogP contribution is -2.13. The summed E-state index contributed by atoms with van der Waals surface area (Å²) >= 11 is 0. The van der Waals surface area contributed by atoms with Crippen molar-refractivity contribution in [3.05, 3.63) is 42.2 Å². The molecular weight excluding hydrogens is 199 g/mol. The molecule has 0 aliphatic carbocycles. The fourth-order valence-electron chi connectivity index (χ4n) is 1.07.